The second-order valence-corrected chi connectivity index (χ2v) is 6.18. The molecule has 0 amide bonds. The SMILES string of the molecule is Cc1cc(N2CCN(Cc3ccncc3)CC2)nc(N(C)C)n1. The standard InChI is InChI=1S/C17H24N6/c1-14-12-16(20-17(19-14)21(2)3)23-10-8-22(9-11-23)13-15-4-6-18-7-5-15/h4-7,12H,8-11,13H2,1-3H3. The molecule has 1 aliphatic heterocycles. The third-order valence-electron chi connectivity index (χ3n) is 4.08. The molecule has 23 heavy (non-hydrogen) atoms. The molecule has 3 heterocycles. The molecule has 1 fully saturated rings. The lowest BCUT2D eigenvalue weighted by Crippen LogP contribution is -2.46. The van der Waals surface area contributed by atoms with E-state index >= 15 is 0 Å². The van der Waals surface area contributed by atoms with Gasteiger partial charge < -0.3 is 9.80 Å². The molecular formula is C17H24N6. The molecule has 1 aliphatic rings. The van der Waals surface area contributed by atoms with Crippen molar-refractivity contribution in [2.24, 2.45) is 0 Å². The number of aromatic nitrogens is 3. The molecule has 6 heteroatoms. The zero-order valence-electron chi connectivity index (χ0n) is 14.1. The van der Waals surface area contributed by atoms with Crippen LogP contribution in [-0.2, 0) is 6.54 Å². The number of pyridine rings is 1. The fourth-order valence-electron chi connectivity index (χ4n) is 2.78. The highest BCUT2D eigenvalue weighted by Gasteiger charge is 2.19. The van der Waals surface area contributed by atoms with Crippen LogP contribution in [-0.4, -0.2) is 60.1 Å². The number of aryl methyl sites for hydroxylation is 1. The summed E-state index contributed by atoms with van der Waals surface area (Å²) >= 11 is 0. The van der Waals surface area contributed by atoms with Crippen LogP contribution in [0, 0.1) is 6.92 Å². The number of hydrogen-bond donors (Lipinski definition) is 0. The smallest absolute Gasteiger partial charge is 0.226 e. The Morgan fingerprint density at radius 2 is 1.74 bits per heavy atom. The van der Waals surface area contributed by atoms with Gasteiger partial charge in [0.1, 0.15) is 5.82 Å². The van der Waals surface area contributed by atoms with E-state index in [1.165, 1.54) is 5.56 Å². The van der Waals surface area contributed by atoms with Gasteiger partial charge in [-0.1, -0.05) is 0 Å². The van der Waals surface area contributed by atoms with E-state index in [2.05, 4.69) is 43.0 Å². The largest absolute Gasteiger partial charge is 0.354 e. The summed E-state index contributed by atoms with van der Waals surface area (Å²) in [6, 6.07) is 6.25. The normalized spacial score (nSPS) is 15.7. The van der Waals surface area contributed by atoms with Gasteiger partial charge in [-0.3, -0.25) is 9.88 Å². The Balaban J connectivity index is 1.63. The van der Waals surface area contributed by atoms with Crippen LogP contribution in [0.3, 0.4) is 0 Å². The number of piperazine rings is 1. The average Bonchev–Trinajstić information content (AvgIpc) is 2.56. The zero-order chi connectivity index (χ0) is 16.2. The van der Waals surface area contributed by atoms with Crippen molar-refractivity contribution >= 4 is 11.8 Å². The van der Waals surface area contributed by atoms with Gasteiger partial charge in [-0.05, 0) is 24.6 Å². The fraction of sp³-hybridized carbons (Fsp3) is 0.471. The van der Waals surface area contributed by atoms with Gasteiger partial charge in [-0.25, -0.2) is 4.98 Å². The summed E-state index contributed by atoms with van der Waals surface area (Å²) in [4.78, 5) is 20.0. The average molecular weight is 312 g/mol. The van der Waals surface area contributed by atoms with E-state index in [4.69, 9.17) is 0 Å². The molecule has 1 saturated heterocycles. The van der Waals surface area contributed by atoms with Gasteiger partial charge in [-0.2, -0.15) is 4.98 Å². The van der Waals surface area contributed by atoms with Crippen LogP contribution < -0.4 is 9.80 Å². The van der Waals surface area contributed by atoms with Gasteiger partial charge in [0.25, 0.3) is 0 Å². The maximum atomic E-state index is 4.68. The van der Waals surface area contributed by atoms with E-state index < -0.39 is 0 Å². The molecular weight excluding hydrogens is 288 g/mol. The minimum absolute atomic E-state index is 0.777. The van der Waals surface area contributed by atoms with Crippen LogP contribution in [0.25, 0.3) is 0 Å². The van der Waals surface area contributed by atoms with Gasteiger partial charge in [0.05, 0.1) is 0 Å². The van der Waals surface area contributed by atoms with Gasteiger partial charge in [0, 0.05) is 71.0 Å². The molecule has 6 nitrogen and oxygen atoms in total. The zero-order valence-corrected chi connectivity index (χ0v) is 14.1. The molecule has 0 aliphatic carbocycles. The van der Waals surface area contributed by atoms with E-state index in [9.17, 15) is 0 Å². The third kappa shape index (κ3) is 3.96. The Hall–Kier alpha value is -2.21. The van der Waals surface area contributed by atoms with E-state index in [0.717, 1.165) is 50.2 Å². The molecule has 122 valence electrons. The van der Waals surface area contributed by atoms with Crippen molar-refractivity contribution < 1.29 is 0 Å². The van der Waals surface area contributed by atoms with E-state index in [-0.39, 0.29) is 0 Å². The minimum Gasteiger partial charge on any atom is -0.354 e. The van der Waals surface area contributed by atoms with Gasteiger partial charge in [-0.15, -0.1) is 0 Å². The van der Waals surface area contributed by atoms with Gasteiger partial charge >= 0.3 is 0 Å². The second-order valence-electron chi connectivity index (χ2n) is 6.18. The van der Waals surface area contributed by atoms with Crippen molar-refractivity contribution in [2.45, 2.75) is 13.5 Å². The number of hydrogen-bond acceptors (Lipinski definition) is 6. The topological polar surface area (TPSA) is 48.4 Å². The summed E-state index contributed by atoms with van der Waals surface area (Å²) in [5, 5.41) is 0. The van der Waals surface area contributed by atoms with Crippen molar-refractivity contribution in [1.29, 1.82) is 0 Å². The van der Waals surface area contributed by atoms with Crippen LogP contribution in [0.1, 0.15) is 11.3 Å². The highest BCUT2D eigenvalue weighted by Crippen LogP contribution is 2.18. The molecule has 0 atom stereocenters. The highest BCUT2D eigenvalue weighted by atomic mass is 15.3. The Kier molecular flexibility index (Phi) is 4.71. The first-order valence-electron chi connectivity index (χ1n) is 8.01. The lowest BCUT2D eigenvalue weighted by atomic mass is 10.2. The highest BCUT2D eigenvalue weighted by molar-refractivity contribution is 5.45. The third-order valence-corrected chi connectivity index (χ3v) is 4.08. The summed E-state index contributed by atoms with van der Waals surface area (Å²) in [7, 11) is 3.95. The van der Waals surface area contributed by atoms with Crippen molar-refractivity contribution in [3.63, 3.8) is 0 Å². The summed E-state index contributed by atoms with van der Waals surface area (Å²) in [6.45, 7) is 7.09. The number of anilines is 2. The Morgan fingerprint density at radius 1 is 1.04 bits per heavy atom. The number of nitrogens with zero attached hydrogens (tertiary/aromatic N) is 6. The molecule has 0 N–H and O–H groups in total. The Morgan fingerprint density at radius 3 is 2.39 bits per heavy atom. The monoisotopic (exact) mass is 312 g/mol. The first-order chi connectivity index (χ1) is 11.1. The number of rotatable bonds is 4. The second kappa shape index (κ2) is 6.91. The first-order valence-corrected chi connectivity index (χ1v) is 8.01. The maximum absolute atomic E-state index is 4.68. The van der Waals surface area contributed by atoms with Crippen LogP contribution >= 0.6 is 0 Å². The lowest BCUT2D eigenvalue weighted by Gasteiger charge is -2.35. The Bertz CT molecular complexity index is 635. The summed E-state index contributed by atoms with van der Waals surface area (Å²) in [5.74, 6) is 1.81. The Labute approximate surface area is 137 Å². The maximum Gasteiger partial charge on any atom is 0.226 e. The van der Waals surface area contributed by atoms with Gasteiger partial charge in [0.15, 0.2) is 0 Å². The van der Waals surface area contributed by atoms with Crippen molar-refractivity contribution in [2.75, 3.05) is 50.1 Å². The van der Waals surface area contributed by atoms with Crippen molar-refractivity contribution in [3.8, 4) is 0 Å². The summed E-state index contributed by atoms with van der Waals surface area (Å²) in [5.41, 5.74) is 2.33. The predicted octanol–water partition coefficient (Wildman–Crippen LogP) is 1.57. The molecule has 2 aromatic heterocycles. The molecule has 0 spiro atoms. The fourth-order valence-corrected chi connectivity index (χ4v) is 2.78. The van der Waals surface area contributed by atoms with Crippen LogP contribution in [0.2, 0.25) is 0 Å². The van der Waals surface area contributed by atoms with Crippen molar-refractivity contribution in [1.82, 2.24) is 19.9 Å². The quantitative estimate of drug-likeness (QED) is 0.854. The minimum atomic E-state index is 0.777. The van der Waals surface area contributed by atoms with E-state index in [1.807, 2.05) is 38.3 Å². The molecule has 0 bridgehead atoms. The summed E-state index contributed by atoms with van der Waals surface area (Å²) < 4.78 is 0. The molecule has 0 unspecified atom stereocenters. The molecule has 2 aromatic rings. The molecule has 0 saturated carbocycles. The van der Waals surface area contributed by atoms with Crippen molar-refractivity contribution in [3.05, 3.63) is 41.9 Å². The van der Waals surface area contributed by atoms with Crippen LogP contribution in [0.4, 0.5) is 11.8 Å². The summed E-state index contributed by atoms with van der Waals surface area (Å²) in [6.07, 6.45) is 3.72. The molecule has 0 aromatic carbocycles. The van der Waals surface area contributed by atoms with Gasteiger partial charge in [0.2, 0.25) is 5.95 Å². The lowest BCUT2D eigenvalue weighted by molar-refractivity contribution is 0.249. The first kappa shape index (κ1) is 15.7. The van der Waals surface area contributed by atoms with Crippen LogP contribution in [0.15, 0.2) is 30.6 Å². The van der Waals surface area contributed by atoms with E-state index in [0.29, 0.717) is 0 Å². The predicted molar refractivity (Wildman–Crippen MR) is 92.8 cm³/mol. The van der Waals surface area contributed by atoms with Crippen LogP contribution in [0.5, 0.6) is 0 Å². The molecule has 0 radical (unpaired) electrons. The van der Waals surface area contributed by atoms with E-state index in [1.54, 1.807) is 0 Å². The molecule has 3 rings (SSSR count).